The molecular formula is C11H16N2O3. The van der Waals surface area contributed by atoms with E-state index in [2.05, 4.69) is 12.3 Å². The molecule has 0 aliphatic heterocycles. The van der Waals surface area contributed by atoms with Crippen LogP contribution in [0.2, 0.25) is 0 Å². The minimum absolute atomic E-state index is 0.0871. The molecular weight excluding hydrogens is 208 g/mol. The number of rotatable bonds is 3. The first-order valence-electron chi connectivity index (χ1n) is 4.64. The number of carbonyl (C=O) groups excluding carboxylic acids is 1. The second-order valence-corrected chi connectivity index (χ2v) is 2.97. The summed E-state index contributed by atoms with van der Waals surface area (Å²) in [5.41, 5.74) is 10.8. The number of phenolic OH excluding ortho intramolecular Hbond substituents is 2. The molecule has 1 amide bonds. The van der Waals surface area contributed by atoms with Crippen LogP contribution >= 0.6 is 0 Å². The van der Waals surface area contributed by atoms with Crippen molar-refractivity contribution in [3.63, 3.8) is 0 Å². The number of nitrogens with two attached hydrogens (primary N) is 2. The van der Waals surface area contributed by atoms with Gasteiger partial charge in [-0.3, -0.25) is 4.79 Å². The standard InChI is InChI=1S/C8H11NO2.C3H5NO/c9-4-3-6-1-2-7(10)8(11)5-6;1-2-3(4)5/h1-2,5,10-11H,3-4,9H2;2H,1H2,(H2,4,5). The van der Waals surface area contributed by atoms with Crippen molar-refractivity contribution in [2.75, 3.05) is 6.54 Å². The van der Waals surface area contributed by atoms with Gasteiger partial charge < -0.3 is 21.7 Å². The Balaban J connectivity index is 0.000000385. The van der Waals surface area contributed by atoms with Gasteiger partial charge in [-0.1, -0.05) is 12.6 Å². The summed E-state index contributed by atoms with van der Waals surface area (Å²) < 4.78 is 0. The average molecular weight is 224 g/mol. The lowest BCUT2D eigenvalue weighted by atomic mass is 10.1. The minimum Gasteiger partial charge on any atom is -0.504 e. The molecule has 16 heavy (non-hydrogen) atoms. The molecule has 0 atom stereocenters. The Morgan fingerprint density at radius 1 is 1.38 bits per heavy atom. The van der Waals surface area contributed by atoms with Gasteiger partial charge in [0.05, 0.1) is 0 Å². The Morgan fingerprint density at radius 2 is 1.94 bits per heavy atom. The van der Waals surface area contributed by atoms with Gasteiger partial charge in [0.25, 0.3) is 0 Å². The highest BCUT2D eigenvalue weighted by molar-refractivity contribution is 5.84. The molecule has 0 bridgehead atoms. The zero-order valence-electron chi connectivity index (χ0n) is 8.89. The lowest BCUT2D eigenvalue weighted by Gasteiger charge is -2.00. The third-order valence-corrected chi connectivity index (χ3v) is 1.67. The number of phenols is 2. The van der Waals surface area contributed by atoms with Gasteiger partial charge in [-0.2, -0.15) is 0 Å². The number of aromatic hydroxyl groups is 2. The van der Waals surface area contributed by atoms with Gasteiger partial charge in [-0.15, -0.1) is 0 Å². The smallest absolute Gasteiger partial charge is 0.240 e. The summed E-state index contributed by atoms with van der Waals surface area (Å²) in [6.45, 7) is 3.63. The SMILES string of the molecule is C=CC(N)=O.NCCc1ccc(O)c(O)c1. The quantitative estimate of drug-likeness (QED) is 0.436. The highest BCUT2D eigenvalue weighted by Gasteiger charge is 1.98. The van der Waals surface area contributed by atoms with Crippen molar-refractivity contribution in [3.05, 3.63) is 36.4 Å². The zero-order valence-corrected chi connectivity index (χ0v) is 8.89. The minimum atomic E-state index is -0.481. The van der Waals surface area contributed by atoms with Crippen molar-refractivity contribution < 1.29 is 15.0 Å². The average Bonchev–Trinajstić information content (AvgIpc) is 2.25. The van der Waals surface area contributed by atoms with Crippen LogP contribution in [0.4, 0.5) is 0 Å². The highest BCUT2D eigenvalue weighted by Crippen LogP contribution is 2.24. The topological polar surface area (TPSA) is 110 Å². The van der Waals surface area contributed by atoms with E-state index in [1.807, 2.05) is 0 Å². The predicted octanol–water partition coefficient (Wildman–Crippen LogP) is 0.257. The van der Waals surface area contributed by atoms with Crippen molar-refractivity contribution in [1.29, 1.82) is 0 Å². The molecule has 5 heteroatoms. The maximum atomic E-state index is 9.47. The van der Waals surface area contributed by atoms with Gasteiger partial charge in [-0.25, -0.2) is 0 Å². The van der Waals surface area contributed by atoms with Crippen molar-refractivity contribution in [3.8, 4) is 11.5 Å². The molecule has 0 aliphatic rings. The molecule has 0 fully saturated rings. The first-order chi connectivity index (χ1) is 7.51. The van der Waals surface area contributed by atoms with E-state index in [-0.39, 0.29) is 11.5 Å². The molecule has 6 N–H and O–H groups in total. The van der Waals surface area contributed by atoms with Crippen LogP contribution in [0.5, 0.6) is 11.5 Å². The zero-order chi connectivity index (χ0) is 12.6. The van der Waals surface area contributed by atoms with Crippen LogP contribution < -0.4 is 11.5 Å². The summed E-state index contributed by atoms with van der Waals surface area (Å²) in [5, 5.41) is 18.0. The van der Waals surface area contributed by atoms with Crippen molar-refractivity contribution in [2.45, 2.75) is 6.42 Å². The summed E-state index contributed by atoms with van der Waals surface area (Å²) in [4.78, 5) is 9.47. The summed E-state index contributed by atoms with van der Waals surface area (Å²) in [6, 6.07) is 4.71. The van der Waals surface area contributed by atoms with E-state index in [1.54, 1.807) is 6.07 Å². The molecule has 0 aliphatic carbocycles. The second kappa shape index (κ2) is 7.30. The number of benzene rings is 1. The Kier molecular flexibility index (Phi) is 6.39. The van der Waals surface area contributed by atoms with Crippen molar-refractivity contribution >= 4 is 5.91 Å². The van der Waals surface area contributed by atoms with Crippen LogP contribution in [0.25, 0.3) is 0 Å². The number of primary amides is 1. The fourth-order valence-electron chi connectivity index (χ4n) is 0.891. The lowest BCUT2D eigenvalue weighted by molar-refractivity contribution is -0.113. The fourth-order valence-corrected chi connectivity index (χ4v) is 0.891. The first kappa shape index (κ1) is 14.0. The summed E-state index contributed by atoms with van der Waals surface area (Å²) in [6.07, 6.45) is 1.77. The molecule has 88 valence electrons. The lowest BCUT2D eigenvalue weighted by Crippen LogP contribution is -2.04. The van der Waals surface area contributed by atoms with Crippen LogP contribution in [0, 0.1) is 0 Å². The van der Waals surface area contributed by atoms with Crippen LogP contribution in [0.1, 0.15) is 5.56 Å². The van der Waals surface area contributed by atoms with Crippen molar-refractivity contribution in [1.82, 2.24) is 0 Å². The summed E-state index contributed by atoms with van der Waals surface area (Å²) in [5.74, 6) is -0.660. The van der Waals surface area contributed by atoms with E-state index in [4.69, 9.17) is 15.9 Å². The first-order valence-corrected chi connectivity index (χ1v) is 4.64. The Hall–Kier alpha value is -2.01. The Morgan fingerprint density at radius 3 is 2.31 bits per heavy atom. The van der Waals surface area contributed by atoms with E-state index >= 15 is 0 Å². The van der Waals surface area contributed by atoms with Crippen LogP contribution in [0.3, 0.4) is 0 Å². The van der Waals surface area contributed by atoms with Gasteiger partial charge in [0.15, 0.2) is 11.5 Å². The third kappa shape index (κ3) is 5.66. The number of amides is 1. The molecule has 0 unspecified atom stereocenters. The number of hydrogen-bond donors (Lipinski definition) is 4. The monoisotopic (exact) mass is 224 g/mol. The maximum Gasteiger partial charge on any atom is 0.240 e. The molecule has 0 heterocycles. The highest BCUT2D eigenvalue weighted by atomic mass is 16.3. The summed E-state index contributed by atoms with van der Waals surface area (Å²) in [7, 11) is 0. The molecule has 1 aromatic carbocycles. The molecule has 1 aromatic rings. The predicted molar refractivity (Wildman–Crippen MR) is 61.9 cm³/mol. The van der Waals surface area contributed by atoms with E-state index in [0.29, 0.717) is 13.0 Å². The number of carbonyl (C=O) groups is 1. The second-order valence-electron chi connectivity index (χ2n) is 2.97. The molecule has 1 rings (SSSR count). The van der Waals surface area contributed by atoms with Gasteiger partial charge in [0.1, 0.15) is 0 Å². The summed E-state index contributed by atoms with van der Waals surface area (Å²) >= 11 is 0. The van der Waals surface area contributed by atoms with E-state index in [9.17, 15) is 4.79 Å². The van der Waals surface area contributed by atoms with Gasteiger partial charge in [0, 0.05) is 0 Å². The maximum absolute atomic E-state index is 9.47. The molecule has 5 nitrogen and oxygen atoms in total. The van der Waals surface area contributed by atoms with Crippen molar-refractivity contribution in [2.24, 2.45) is 11.5 Å². The van der Waals surface area contributed by atoms with Gasteiger partial charge >= 0.3 is 0 Å². The number of hydrogen-bond acceptors (Lipinski definition) is 4. The Bertz CT molecular complexity index is 364. The van der Waals surface area contributed by atoms with Gasteiger partial charge in [0.2, 0.25) is 5.91 Å². The van der Waals surface area contributed by atoms with Gasteiger partial charge in [-0.05, 0) is 36.7 Å². The van der Waals surface area contributed by atoms with Crippen LogP contribution in [-0.2, 0) is 11.2 Å². The van der Waals surface area contributed by atoms with Crippen LogP contribution in [-0.4, -0.2) is 22.7 Å². The molecule has 0 saturated heterocycles. The Labute approximate surface area is 94.0 Å². The normalized spacial score (nSPS) is 8.81. The molecule has 0 aromatic heterocycles. The van der Waals surface area contributed by atoms with E-state index in [1.165, 1.54) is 12.1 Å². The van der Waals surface area contributed by atoms with Crippen LogP contribution in [0.15, 0.2) is 30.9 Å². The van der Waals surface area contributed by atoms with E-state index < -0.39 is 5.91 Å². The fraction of sp³-hybridized carbons (Fsp3) is 0.182. The largest absolute Gasteiger partial charge is 0.504 e. The third-order valence-electron chi connectivity index (χ3n) is 1.67. The molecule has 0 saturated carbocycles. The molecule has 0 spiro atoms. The van der Waals surface area contributed by atoms with E-state index in [0.717, 1.165) is 11.6 Å². The molecule has 0 radical (unpaired) electrons.